The molecule has 2 aliphatic rings. The van der Waals surface area contributed by atoms with Gasteiger partial charge in [-0.1, -0.05) is 6.42 Å². The Morgan fingerprint density at radius 1 is 1.25 bits per heavy atom. The Bertz CT molecular complexity index is 654. The van der Waals surface area contributed by atoms with Crippen molar-refractivity contribution in [3.05, 3.63) is 17.5 Å². The first-order valence-electron chi connectivity index (χ1n) is 9.75. The number of aryl methyl sites for hydroxylation is 1. The second-order valence-electron chi connectivity index (χ2n) is 7.33. The van der Waals surface area contributed by atoms with Crippen LogP contribution in [-0.4, -0.2) is 64.3 Å². The average molecular weight is 514 g/mol. The number of piperidine rings is 1. The van der Waals surface area contributed by atoms with Gasteiger partial charge in [-0.05, 0) is 39.3 Å². The molecule has 0 aliphatic carbocycles. The monoisotopic (exact) mass is 514 g/mol. The lowest BCUT2D eigenvalue weighted by Crippen LogP contribution is -2.44. The number of guanidine groups is 1. The molecule has 3 heterocycles. The van der Waals surface area contributed by atoms with E-state index in [4.69, 9.17) is 0 Å². The van der Waals surface area contributed by atoms with Crippen LogP contribution >= 0.6 is 24.0 Å². The summed E-state index contributed by atoms with van der Waals surface area (Å²) in [7, 11) is 1.50. The minimum Gasteiger partial charge on any atom is -0.357 e. The topological polar surface area (TPSA) is 48.7 Å². The molecule has 0 spiro atoms. The maximum atomic E-state index is 13.1. The average Bonchev–Trinajstić information content (AvgIpc) is 3.26. The van der Waals surface area contributed by atoms with Gasteiger partial charge in [0.1, 0.15) is 0 Å². The zero-order valence-electron chi connectivity index (χ0n) is 16.5. The van der Waals surface area contributed by atoms with E-state index in [1.54, 1.807) is 0 Å². The van der Waals surface area contributed by atoms with Crippen LogP contribution in [0, 0.1) is 0 Å². The van der Waals surface area contributed by atoms with E-state index in [0.29, 0.717) is 18.5 Å². The summed E-state index contributed by atoms with van der Waals surface area (Å²) in [6, 6.07) is 0.512. The minimum absolute atomic E-state index is 0. The molecule has 0 aromatic carbocycles. The molecule has 1 N–H and O–H groups in total. The molecule has 3 rings (SSSR count). The van der Waals surface area contributed by atoms with E-state index < -0.39 is 11.9 Å². The molecule has 6 nitrogen and oxygen atoms in total. The summed E-state index contributed by atoms with van der Waals surface area (Å²) in [5, 5.41) is 6.79. The van der Waals surface area contributed by atoms with Gasteiger partial charge in [-0.3, -0.25) is 9.58 Å². The number of rotatable bonds is 4. The number of nitrogens with zero attached hydrogens (tertiary/aromatic N) is 5. The molecule has 1 aromatic rings. The standard InChI is InChI=1S/C18H29F3N6.HI/c1-3-22-17(23-11-14-12-25(2)24-16(14)18(19,20)21)27-10-7-15(13-27)26-8-5-4-6-9-26;/h12,15H,3-11,13H2,1-2H3,(H,22,23);1H. The molecule has 0 saturated carbocycles. The summed E-state index contributed by atoms with van der Waals surface area (Å²) < 4.78 is 40.6. The van der Waals surface area contributed by atoms with Crippen molar-refractivity contribution in [1.29, 1.82) is 0 Å². The number of hydrogen-bond acceptors (Lipinski definition) is 3. The van der Waals surface area contributed by atoms with E-state index in [1.165, 1.54) is 37.2 Å². The molecule has 2 aliphatic heterocycles. The molecule has 2 saturated heterocycles. The molecule has 160 valence electrons. The largest absolute Gasteiger partial charge is 0.435 e. The summed E-state index contributed by atoms with van der Waals surface area (Å²) in [5.74, 6) is 0.689. The van der Waals surface area contributed by atoms with Crippen LogP contribution in [0.5, 0.6) is 0 Å². The van der Waals surface area contributed by atoms with E-state index >= 15 is 0 Å². The summed E-state index contributed by atoms with van der Waals surface area (Å²) in [5.41, 5.74) is -0.746. The highest BCUT2D eigenvalue weighted by Crippen LogP contribution is 2.31. The van der Waals surface area contributed by atoms with Crippen molar-refractivity contribution in [3.63, 3.8) is 0 Å². The van der Waals surface area contributed by atoms with Crippen molar-refractivity contribution in [2.24, 2.45) is 12.0 Å². The van der Waals surface area contributed by atoms with Crippen LogP contribution < -0.4 is 5.32 Å². The first-order valence-corrected chi connectivity index (χ1v) is 9.75. The molecule has 1 aromatic heterocycles. The van der Waals surface area contributed by atoms with E-state index in [-0.39, 0.29) is 36.1 Å². The highest BCUT2D eigenvalue weighted by atomic mass is 127. The maximum Gasteiger partial charge on any atom is 0.435 e. The molecule has 2 fully saturated rings. The number of nitrogens with one attached hydrogen (secondary N) is 1. The molecule has 0 bridgehead atoms. The summed E-state index contributed by atoms with van der Waals surface area (Å²) in [6.07, 6.45) is 1.83. The van der Waals surface area contributed by atoms with Crippen LogP contribution in [0.2, 0.25) is 0 Å². The van der Waals surface area contributed by atoms with Crippen LogP contribution in [0.15, 0.2) is 11.2 Å². The van der Waals surface area contributed by atoms with Crippen molar-refractivity contribution >= 4 is 29.9 Å². The van der Waals surface area contributed by atoms with E-state index in [9.17, 15) is 13.2 Å². The van der Waals surface area contributed by atoms with Gasteiger partial charge >= 0.3 is 6.18 Å². The number of alkyl halides is 3. The van der Waals surface area contributed by atoms with Crippen molar-refractivity contribution in [2.45, 2.75) is 51.4 Å². The number of hydrogen-bond donors (Lipinski definition) is 1. The Morgan fingerprint density at radius 2 is 1.96 bits per heavy atom. The Labute approximate surface area is 181 Å². The fourth-order valence-electron chi connectivity index (χ4n) is 3.99. The molecular formula is C18H30F3IN6. The number of halogens is 4. The lowest BCUT2D eigenvalue weighted by atomic mass is 10.1. The van der Waals surface area contributed by atoms with Gasteiger partial charge in [0, 0.05) is 44.5 Å². The molecule has 0 amide bonds. The second-order valence-corrected chi connectivity index (χ2v) is 7.33. The number of aromatic nitrogens is 2. The Morgan fingerprint density at radius 3 is 2.61 bits per heavy atom. The van der Waals surface area contributed by atoms with Gasteiger partial charge in [-0.15, -0.1) is 24.0 Å². The lowest BCUT2D eigenvalue weighted by Gasteiger charge is -2.32. The quantitative estimate of drug-likeness (QED) is 0.382. The minimum atomic E-state index is -4.46. The third-order valence-corrected chi connectivity index (χ3v) is 5.28. The zero-order chi connectivity index (χ0) is 19.4. The Kier molecular flexibility index (Phi) is 8.41. The maximum absolute atomic E-state index is 13.1. The fourth-order valence-corrected chi connectivity index (χ4v) is 3.99. The molecule has 10 heteroatoms. The molecule has 1 atom stereocenters. The van der Waals surface area contributed by atoms with E-state index in [0.717, 1.165) is 32.6 Å². The van der Waals surface area contributed by atoms with Crippen LogP contribution in [0.25, 0.3) is 0 Å². The van der Waals surface area contributed by atoms with Gasteiger partial charge in [0.2, 0.25) is 0 Å². The first-order chi connectivity index (χ1) is 12.9. The summed E-state index contributed by atoms with van der Waals surface area (Å²) >= 11 is 0. The molecule has 28 heavy (non-hydrogen) atoms. The lowest BCUT2D eigenvalue weighted by molar-refractivity contribution is -0.142. The fraction of sp³-hybridized carbons (Fsp3) is 0.778. The highest BCUT2D eigenvalue weighted by molar-refractivity contribution is 14.0. The molecule has 0 radical (unpaired) electrons. The van der Waals surface area contributed by atoms with Crippen molar-refractivity contribution in [2.75, 3.05) is 32.7 Å². The van der Waals surface area contributed by atoms with Crippen LogP contribution in [0.4, 0.5) is 13.2 Å². The van der Waals surface area contributed by atoms with Gasteiger partial charge < -0.3 is 10.2 Å². The van der Waals surface area contributed by atoms with E-state index in [1.807, 2.05) is 6.92 Å². The second kappa shape index (κ2) is 10.1. The highest BCUT2D eigenvalue weighted by Gasteiger charge is 2.37. The Hall–Kier alpha value is -1.04. The summed E-state index contributed by atoms with van der Waals surface area (Å²) in [4.78, 5) is 9.22. The van der Waals surface area contributed by atoms with Crippen molar-refractivity contribution in [3.8, 4) is 0 Å². The van der Waals surface area contributed by atoms with Gasteiger partial charge in [-0.25, -0.2) is 4.99 Å². The van der Waals surface area contributed by atoms with Gasteiger partial charge in [0.15, 0.2) is 11.7 Å². The smallest absolute Gasteiger partial charge is 0.357 e. The third-order valence-electron chi connectivity index (χ3n) is 5.28. The van der Waals surface area contributed by atoms with Crippen LogP contribution in [0.3, 0.4) is 0 Å². The van der Waals surface area contributed by atoms with Crippen LogP contribution in [0.1, 0.15) is 43.9 Å². The summed E-state index contributed by atoms with van der Waals surface area (Å²) in [6.45, 7) is 6.68. The normalized spacial score (nSPS) is 21.7. The SMILES string of the molecule is CCNC(=NCc1cn(C)nc1C(F)(F)F)N1CCC(N2CCCCC2)C1.I. The van der Waals surface area contributed by atoms with Gasteiger partial charge in [0.05, 0.1) is 6.54 Å². The predicted molar refractivity (Wildman–Crippen MR) is 114 cm³/mol. The Balaban J connectivity index is 0.00000280. The molecule has 1 unspecified atom stereocenters. The number of aliphatic imine (C=N–C) groups is 1. The van der Waals surface area contributed by atoms with Crippen molar-refractivity contribution < 1.29 is 13.2 Å². The predicted octanol–water partition coefficient (Wildman–Crippen LogP) is 3.08. The van der Waals surface area contributed by atoms with Gasteiger partial charge in [-0.2, -0.15) is 18.3 Å². The molecular weight excluding hydrogens is 484 g/mol. The third kappa shape index (κ3) is 5.74. The number of likely N-dealkylation sites (tertiary alicyclic amines) is 2. The zero-order valence-corrected chi connectivity index (χ0v) is 18.8. The first kappa shape index (κ1) is 23.2. The van der Waals surface area contributed by atoms with Gasteiger partial charge in [0.25, 0.3) is 0 Å². The van der Waals surface area contributed by atoms with Crippen LogP contribution in [-0.2, 0) is 19.8 Å². The van der Waals surface area contributed by atoms with E-state index in [2.05, 4.69) is 25.2 Å². The van der Waals surface area contributed by atoms with Crippen molar-refractivity contribution in [1.82, 2.24) is 24.9 Å².